The Labute approximate surface area is 120 Å². The van der Waals surface area contributed by atoms with Gasteiger partial charge in [-0.3, -0.25) is 10.1 Å². The SMILES string of the molecule is CC1c2ccsc2CCN1c1ccc([N+](=O)[O-])c(N)c1. The van der Waals surface area contributed by atoms with Crippen molar-refractivity contribution in [2.45, 2.75) is 19.4 Å². The van der Waals surface area contributed by atoms with Crippen molar-refractivity contribution in [2.75, 3.05) is 17.2 Å². The van der Waals surface area contributed by atoms with Crippen molar-refractivity contribution in [3.8, 4) is 0 Å². The van der Waals surface area contributed by atoms with Crippen LogP contribution in [0.1, 0.15) is 23.4 Å². The van der Waals surface area contributed by atoms with Crippen LogP contribution >= 0.6 is 11.3 Å². The average molecular weight is 289 g/mol. The highest BCUT2D eigenvalue weighted by Crippen LogP contribution is 2.37. The third-order valence-electron chi connectivity index (χ3n) is 3.82. The van der Waals surface area contributed by atoms with Crippen LogP contribution in [0.25, 0.3) is 0 Å². The quantitative estimate of drug-likeness (QED) is 0.522. The zero-order valence-corrected chi connectivity index (χ0v) is 11.9. The maximum Gasteiger partial charge on any atom is 0.292 e. The molecule has 0 bridgehead atoms. The molecule has 2 heterocycles. The van der Waals surface area contributed by atoms with Crippen molar-refractivity contribution >= 4 is 28.4 Å². The minimum Gasteiger partial charge on any atom is -0.393 e. The van der Waals surface area contributed by atoms with E-state index in [-0.39, 0.29) is 17.4 Å². The minimum absolute atomic E-state index is 0.0327. The van der Waals surface area contributed by atoms with E-state index in [2.05, 4.69) is 23.3 Å². The lowest BCUT2D eigenvalue weighted by Gasteiger charge is -2.35. The third-order valence-corrected chi connectivity index (χ3v) is 4.81. The Morgan fingerprint density at radius 1 is 1.45 bits per heavy atom. The van der Waals surface area contributed by atoms with Crippen molar-refractivity contribution in [1.29, 1.82) is 0 Å². The molecule has 1 aromatic carbocycles. The Kier molecular flexibility index (Phi) is 3.10. The molecule has 0 saturated carbocycles. The standard InChI is InChI=1S/C14H15N3O2S/c1-9-11-5-7-20-14(11)4-6-16(9)10-2-3-13(17(18)19)12(15)8-10/h2-3,5,7-9H,4,6,15H2,1H3. The highest BCUT2D eigenvalue weighted by Gasteiger charge is 2.25. The molecule has 1 aliphatic heterocycles. The molecule has 0 fully saturated rings. The molecule has 0 spiro atoms. The Morgan fingerprint density at radius 3 is 2.95 bits per heavy atom. The largest absolute Gasteiger partial charge is 0.393 e. The number of benzene rings is 1. The summed E-state index contributed by atoms with van der Waals surface area (Å²) >= 11 is 1.80. The Morgan fingerprint density at radius 2 is 2.25 bits per heavy atom. The molecule has 2 aromatic rings. The van der Waals surface area contributed by atoms with Crippen molar-refractivity contribution in [1.82, 2.24) is 0 Å². The van der Waals surface area contributed by atoms with Crippen molar-refractivity contribution < 1.29 is 4.92 Å². The number of anilines is 2. The first kappa shape index (κ1) is 12.9. The van der Waals surface area contributed by atoms with Gasteiger partial charge in [0.15, 0.2) is 0 Å². The molecule has 20 heavy (non-hydrogen) atoms. The van der Waals surface area contributed by atoms with E-state index in [1.807, 2.05) is 0 Å². The van der Waals surface area contributed by atoms with E-state index in [0.717, 1.165) is 18.7 Å². The monoisotopic (exact) mass is 289 g/mol. The molecule has 0 radical (unpaired) electrons. The second-order valence-corrected chi connectivity index (χ2v) is 5.92. The molecule has 1 atom stereocenters. The molecular weight excluding hydrogens is 274 g/mol. The number of hydrogen-bond donors (Lipinski definition) is 1. The van der Waals surface area contributed by atoms with Gasteiger partial charge in [0.1, 0.15) is 5.69 Å². The van der Waals surface area contributed by atoms with E-state index in [4.69, 9.17) is 5.73 Å². The van der Waals surface area contributed by atoms with Gasteiger partial charge in [-0.15, -0.1) is 11.3 Å². The van der Waals surface area contributed by atoms with Crippen LogP contribution in [0, 0.1) is 10.1 Å². The average Bonchev–Trinajstić information content (AvgIpc) is 2.87. The van der Waals surface area contributed by atoms with Crippen LogP contribution in [-0.2, 0) is 6.42 Å². The molecule has 2 N–H and O–H groups in total. The van der Waals surface area contributed by atoms with Crippen molar-refractivity contribution in [3.63, 3.8) is 0 Å². The predicted molar refractivity (Wildman–Crippen MR) is 81.3 cm³/mol. The molecule has 0 amide bonds. The van der Waals surface area contributed by atoms with Gasteiger partial charge in [0.25, 0.3) is 5.69 Å². The van der Waals surface area contributed by atoms with E-state index < -0.39 is 4.92 Å². The topological polar surface area (TPSA) is 72.4 Å². The van der Waals surface area contributed by atoms with Crippen LogP contribution < -0.4 is 10.6 Å². The number of thiophene rings is 1. The van der Waals surface area contributed by atoms with E-state index in [9.17, 15) is 10.1 Å². The fraction of sp³-hybridized carbons (Fsp3) is 0.286. The number of hydrogen-bond acceptors (Lipinski definition) is 5. The van der Waals surface area contributed by atoms with Gasteiger partial charge in [-0.25, -0.2) is 0 Å². The lowest BCUT2D eigenvalue weighted by Crippen LogP contribution is -2.33. The number of fused-ring (bicyclic) bond motifs is 1. The third kappa shape index (κ3) is 2.02. The molecule has 0 saturated heterocycles. The Balaban J connectivity index is 1.95. The molecule has 6 heteroatoms. The van der Waals surface area contributed by atoms with E-state index in [1.54, 1.807) is 23.5 Å². The lowest BCUT2D eigenvalue weighted by atomic mass is 10.0. The van der Waals surface area contributed by atoms with Gasteiger partial charge in [-0.2, -0.15) is 0 Å². The Hall–Kier alpha value is -2.08. The van der Waals surface area contributed by atoms with Crippen LogP contribution in [0.2, 0.25) is 0 Å². The molecule has 104 valence electrons. The van der Waals surface area contributed by atoms with Crippen LogP contribution in [0.15, 0.2) is 29.6 Å². The van der Waals surface area contributed by atoms with Crippen molar-refractivity contribution in [3.05, 3.63) is 50.2 Å². The summed E-state index contributed by atoms with van der Waals surface area (Å²) in [5, 5.41) is 12.9. The number of nitrogens with two attached hydrogens (primary N) is 1. The highest BCUT2D eigenvalue weighted by atomic mass is 32.1. The fourth-order valence-electron chi connectivity index (χ4n) is 2.75. The van der Waals surface area contributed by atoms with Crippen LogP contribution in [0.3, 0.4) is 0 Å². The number of rotatable bonds is 2. The summed E-state index contributed by atoms with van der Waals surface area (Å²) in [5.41, 5.74) is 8.26. The maximum atomic E-state index is 10.8. The van der Waals surface area contributed by atoms with Crippen LogP contribution in [0.5, 0.6) is 0 Å². The van der Waals surface area contributed by atoms with E-state index >= 15 is 0 Å². The normalized spacial score (nSPS) is 17.9. The lowest BCUT2D eigenvalue weighted by molar-refractivity contribution is -0.383. The summed E-state index contributed by atoms with van der Waals surface area (Å²) in [6, 6.07) is 7.39. The highest BCUT2D eigenvalue weighted by molar-refractivity contribution is 7.10. The molecule has 1 aliphatic rings. The molecule has 3 rings (SSSR count). The van der Waals surface area contributed by atoms with Gasteiger partial charge in [0, 0.05) is 23.2 Å². The minimum atomic E-state index is -0.449. The number of nitrogens with zero attached hydrogens (tertiary/aromatic N) is 2. The smallest absolute Gasteiger partial charge is 0.292 e. The molecule has 0 aliphatic carbocycles. The van der Waals surface area contributed by atoms with Crippen molar-refractivity contribution in [2.24, 2.45) is 0 Å². The van der Waals surface area contributed by atoms with Gasteiger partial charge < -0.3 is 10.6 Å². The summed E-state index contributed by atoms with van der Waals surface area (Å²) in [5.74, 6) is 0. The first-order valence-electron chi connectivity index (χ1n) is 6.44. The van der Waals surface area contributed by atoms with Crippen LogP contribution in [-0.4, -0.2) is 11.5 Å². The zero-order chi connectivity index (χ0) is 14.3. The molecule has 1 unspecified atom stereocenters. The number of nitro benzene ring substituents is 1. The molecule has 1 aromatic heterocycles. The van der Waals surface area contributed by atoms with E-state index in [1.165, 1.54) is 16.5 Å². The summed E-state index contributed by atoms with van der Waals surface area (Å²) in [4.78, 5) is 14.0. The second kappa shape index (κ2) is 4.79. The second-order valence-electron chi connectivity index (χ2n) is 4.92. The van der Waals surface area contributed by atoms with Crippen LogP contribution in [0.4, 0.5) is 17.1 Å². The number of nitrogen functional groups attached to an aromatic ring is 1. The summed E-state index contributed by atoms with van der Waals surface area (Å²) < 4.78 is 0. The van der Waals surface area contributed by atoms with Gasteiger partial charge in [-0.1, -0.05) is 0 Å². The first-order valence-corrected chi connectivity index (χ1v) is 7.32. The number of nitro groups is 1. The molecule has 5 nitrogen and oxygen atoms in total. The maximum absolute atomic E-state index is 10.8. The van der Waals surface area contributed by atoms with E-state index in [0.29, 0.717) is 0 Å². The first-order chi connectivity index (χ1) is 9.58. The van der Waals surface area contributed by atoms with Gasteiger partial charge >= 0.3 is 0 Å². The Bertz CT molecular complexity index is 668. The molecular formula is C14H15N3O2S. The summed E-state index contributed by atoms with van der Waals surface area (Å²) in [6.07, 6.45) is 1.01. The summed E-state index contributed by atoms with van der Waals surface area (Å²) in [6.45, 7) is 3.06. The van der Waals surface area contributed by atoms with Gasteiger partial charge in [0.05, 0.1) is 11.0 Å². The van der Waals surface area contributed by atoms with Gasteiger partial charge in [0.2, 0.25) is 0 Å². The zero-order valence-electron chi connectivity index (χ0n) is 11.1. The fourth-order valence-corrected chi connectivity index (χ4v) is 3.71. The predicted octanol–water partition coefficient (Wildman–Crippen LogP) is 3.36. The summed E-state index contributed by atoms with van der Waals surface area (Å²) in [7, 11) is 0. The van der Waals surface area contributed by atoms with Gasteiger partial charge in [-0.05, 0) is 42.5 Å².